The smallest absolute Gasteiger partial charge is 0.305 e. The number of aliphatic hydroxyl groups excluding tert-OH is 1. The number of unbranched alkanes of at least 4 members (excludes halogenated alkanes) is 4. The van der Waals surface area contributed by atoms with Gasteiger partial charge < -0.3 is 9.84 Å². The maximum Gasteiger partial charge on any atom is 0.305 e. The number of carbonyl (C=O) groups is 1. The molecule has 0 aromatic heterocycles. The van der Waals surface area contributed by atoms with Gasteiger partial charge in [0.1, 0.15) is 0 Å². The van der Waals surface area contributed by atoms with E-state index in [0.717, 1.165) is 44.1 Å². The van der Waals surface area contributed by atoms with Crippen LogP contribution in [0, 0.1) is 5.92 Å². The van der Waals surface area contributed by atoms with Crippen LogP contribution >= 0.6 is 11.6 Å². The molecule has 0 aliphatic heterocycles. The second kappa shape index (κ2) is 14.8. The van der Waals surface area contributed by atoms with Crippen LogP contribution in [0.3, 0.4) is 0 Å². The average molecular weight is 425 g/mol. The van der Waals surface area contributed by atoms with E-state index in [0.29, 0.717) is 23.6 Å². The summed E-state index contributed by atoms with van der Waals surface area (Å²) in [6, 6.07) is 8.57. The molecule has 2 rings (SSSR count). The van der Waals surface area contributed by atoms with E-state index in [1.807, 2.05) is 0 Å². The molecule has 1 aromatic rings. The largest absolute Gasteiger partial charge is 0.469 e. The Hall–Kier alpha value is -1.06. The predicted octanol–water partition coefficient (Wildman–Crippen LogP) is 7.16. The first-order valence-corrected chi connectivity index (χ1v) is 11.9. The third-order valence-electron chi connectivity index (χ3n) is 6.00. The number of carbonyl (C=O) groups excluding carboxylic acids is 1. The molecule has 1 aromatic carbocycles. The summed E-state index contributed by atoms with van der Waals surface area (Å²) in [5.41, 5.74) is 2.43. The van der Waals surface area contributed by atoms with Crippen LogP contribution in [0.5, 0.6) is 0 Å². The van der Waals surface area contributed by atoms with Crippen molar-refractivity contribution in [2.24, 2.45) is 5.92 Å². The van der Waals surface area contributed by atoms with Gasteiger partial charge in [-0.05, 0) is 48.6 Å². The molecule has 0 radical (unpaired) electrons. The Bertz CT molecular complexity index is 558. The second-order valence-corrected chi connectivity index (χ2v) is 8.83. The first kappa shape index (κ1) is 26.0. The molecule has 4 atom stereocenters. The van der Waals surface area contributed by atoms with Gasteiger partial charge in [-0.25, -0.2) is 0 Å². The van der Waals surface area contributed by atoms with Crippen molar-refractivity contribution in [1.82, 2.24) is 0 Å². The lowest BCUT2D eigenvalue weighted by Crippen LogP contribution is -2.09. The first-order chi connectivity index (χ1) is 13.9. The average Bonchev–Trinajstić information content (AvgIpc) is 3.07. The predicted molar refractivity (Wildman–Crippen MR) is 122 cm³/mol. The first-order valence-electron chi connectivity index (χ1n) is 11.4. The number of ether oxygens (including phenoxy) is 1. The highest BCUT2D eigenvalue weighted by Crippen LogP contribution is 2.42. The third kappa shape index (κ3) is 9.53. The Morgan fingerprint density at radius 3 is 2.24 bits per heavy atom. The van der Waals surface area contributed by atoms with E-state index < -0.39 is 0 Å². The molecule has 1 N–H and O–H groups in total. The summed E-state index contributed by atoms with van der Waals surface area (Å²) in [5.74, 6) is 1.05. The van der Waals surface area contributed by atoms with Crippen molar-refractivity contribution in [2.45, 2.75) is 102 Å². The zero-order valence-electron chi connectivity index (χ0n) is 18.8. The van der Waals surface area contributed by atoms with Gasteiger partial charge in [0.25, 0.3) is 0 Å². The van der Waals surface area contributed by atoms with Crippen molar-refractivity contribution in [3.63, 3.8) is 0 Å². The van der Waals surface area contributed by atoms with Crippen LogP contribution in [0.4, 0.5) is 0 Å². The van der Waals surface area contributed by atoms with Crippen LogP contribution in [0.2, 0.25) is 0 Å². The summed E-state index contributed by atoms with van der Waals surface area (Å²) in [6.45, 7) is 6.55. The molecule has 0 heterocycles. The van der Waals surface area contributed by atoms with E-state index in [-0.39, 0.29) is 12.1 Å². The van der Waals surface area contributed by atoms with Gasteiger partial charge in [-0.3, -0.25) is 4.79 Å². The molecular formula is C25H41ClO3. The maximum absolute atomic E-state index is 10.5. The van der Waals surface area contributed by atoms with Gasteiger partial charge in [0.2, 0.25) is 0 Å². The van der Waals surface area contributed by atoms with Crippen molar-refractivity contribution < 1.29 is 14.6 Å². The van der Waals surface area contributed by atoms with Crippen LogP contribution in [0.1, 0.15) is 108 Å². The Balaban J connectivity index is 0.000000396. The lowest BCUT2D eigenvalue weighted by Gasteiger charge is -2.18. The van der Waals surface area contributed by atoms with E-state index in [4.69, 9.17) is 11.6 Å². The summed E-state index contributed by atoms with van der Waals surface area (Å²) < 4.78 is 4.46. The zero-order valence-corrected chi connectivity index (χ0v) is 19.6. The Labute approximate surface area is 183 Å². The normalized spacial score (nSPS) is 21.9. The molecule has 0 saturated heterocycles. The molecule has 166 valence electrons. The van der Waals surface area contributed by atoms with E-state index in [1.54, 1.807) is 0 Å². The molecule has 1 fully saturated rings. The fourth-order valence-electron chi connectivity index (χ4n) is 3.93. The molecule has 0 bridgehead atoms. The fourth-order valence-corrected chi connectivity index (χ4v) is 4.23. The van der Waals surface area contributed by atoms with E-state index >= 15 is 0 Å². The molecule has 4 heteroatoms. The number of rotatable bonds is 10. The highest BCUT2D eigenvalue weighted by atomic mass is 35.5. The standard InChI is InChI=1S/C18H27ClO.C7H14O2/c1-3-4-5-6-18(20)15-9-7-14(8-10-15)16-11-12-17(19)13(16)2;1-3-4-5-6-7(8)9-2/h7-10,13,16-18,20H,3-6,11-12H2,1-2H3;3-6H2,1-2H3/t13-,16+,17-,18?;/m1./s1. The molecule has 3 nitrogen and oxygen atoms in total. The highest BCUT2D eigenvalue weighted by molar-refractivity contribution is 6.21. The molecule has 1 saturated carbocycles. The second-order valence-electron chi connectivity index (χ2n) is 8.27. The van der Waals surface area contributed by atoms with Crippen molar-refractivity contribution in [2.75, 3.05) is 7.11 Å². The molecule has 0 spiro atoms. The number of alkyl halides is 1. The number of benzene rings is 1. The van der Waals surface area contributed by atoms with E-state index in [1.165, 1.54) is 31.9 Å². The van der Waals surface area contributed by atoms with Crippen LogP contribution in [0.25, 0.3) is 0 Å². The van der Waals surface area contributed by atoms with Crippen LogP contribution in [-0.2, 0) is 9.53 Å². The minimum atomic E-state index is -0.308. The summed E-state index contributed by atoms with van der Waals surface area (Å²) >= 11 is 6.32. The molecule has 29 heavy (non-hydrogen) atoms. The van der Waals surface area contributed by atoms with Gasteiger partial charge in [-0.15, -0.1) is 11.6 Å². The van der Waals surface area contributed by atoms with Crippen molar-refractivity contribution in [3.05, 3.63) is 35.4 Å². The zero-order chi connectivity index (χ0) is 21.6. The summed E-state index contributed by atoms with van der Waals surface area (Å²) in [6.07, 6.45) is 10.2. The molecule has 1 unspecified atom stereocenters. The van der Waals surface area contributed by atoms with E-state index in [2.05, 4.69) is 49.8 Å². The number of hydrogen-bond acceptors (Lipinski definition) is 3. The summed E-state index contributed by atoms with van der Waals surface area (Å²) in [4.78, 5) is 10.5. The number of methoxy groups -OCH3 is 1. The van der Waals surface area contributed by atoms with Crippen LogP contribution < -0.4 is 0 Å². The van der Waals surface area contributed by atoms with Crippen LogP contribution in [0.15, 0.2) is 24.3 Å². The van der Waals surface area contributed by atoms with Gasteiger partial charge in [0.15, 0.2) is 0 Å². The maximum atomic E-state index is 10.5. The van der Waals surface area contributed by atoms with Crippen molar-refractivity contribution in [3.8, 4) is 0 Å². The lowest BCUT2D eigenvalue weighted by atomic mass is 9.89. The lowest BCUT2D eigenvalue weighted by molar-refractivity contribution is -0.140. The van der Waals surface area contributed by atoms with Crippen LogP contribution in [-0.4, -0.2) is 23.6 Å². The molecule has 0 amide bonds. The van der Waals surface area contributed by atoms with E-state index in [9.17, 15) is 9.90 Å². The monoisotopic (exact) mass is 424 g/mol. The quantitative estimate of drug-likeness (QED) is 0.246. The Kier molecular flexibility index (Phi) is 13.3. The Morgan fingerprint density at radius 2 is 1.72 bits per heavy atom. The van der Waals surface area contributed by atoms with Gasteiger partial charge in [-0.2, -0.15) is 0 Å². The van der Waals surface area contributed by atoms with Gasteiger partial charge in [0.05, 0.1) is 13.2 Å². The number of esters is 1. The molecular weight excluding hydrogens is 384 g/mol. The van der Waals surface area contributed by atoms with Gasteiger partial charge >= 0.3 is 5.97 Å². The number of halogens is 1. The third-order valence-corrected chi connectivity index (χ3v) is 6.62. The minimum absolute atomic E-state index is 0.0940. The Morgan fingerprint density at radius 1 is 1.10 bits per heavy atom. The SMILES string of the molecule is CCCCCC(=O)OC.CCCCCC(O)c1ccc([C@H]2CC[C@@H](Cl)[C@@H]2C)cc1. The fraction of sp³-hybridized carbons (Fsp3) is 0.720. The number of hydrogen-bond donors (Lipinski definition) is 1. The van der Waals surface area contributed by atoms with Gasteiger partial charge in [0, 0.05) is 11.8 Å². The van der Waals surface area contributed by atoms with Crippen molar-refractivity contribution >= 4 is 17.6 Å². The van der Waals surface area contributed by atoms with Crippen molar-refractivity contribution in [1.29, 1.82) is 0 Å². The highest BCUT2D eigenvalue weighted by Gasteiger charge is 2.32. The summed E-state index contributed by atoms with van der Waals surface area (Å²) in [5, 5.41) is 10.5. The minimum Gasteiger partial charge on any atom is -0.469 e. The molecule has 1 aliphatic carbocycles. The molecule has 1 aliphatic rings. The van der Waals surface area contributed by atoms with Gasteiger partial charge in [-0.1, -0.05) is 77.1 Å². The topological polar surface area (TPSA) is 46.5 Å². The number of aliphatic hydroxyl groups is 1. The summed E-state index contributed by atoms with van der Waals surface area (Å²) in [7, 11) is 1.42.